The molecule has 0 aliphatic carbocycles. The first kappa shape index (κ1) is 23.4. The van der Waals surface area contributed by atoms with Crippen LogP contribution in [0.5, 0.6) is 5.75 Å². The van der Waals surface area contributed by atoms with Crippen molar-refractivity contribution in [1.29, 1.82) is 0 Å². The van der Waals surface area contributed by atoms with Gasteiger partial charge in [0, 0.05) is 5.02 Å². The summed E-state index contributed by atoms with van der Waals surface area (Å²) in [7, 11) is -3.90. The standard InChI is InChI=1S/C21H16ClF3N2O4S/c1-12-2-3-13(10-16(12)22)27-32(29,30)15-6-4-14(5-7-15)31-11-19(28)26-18-9-8-17(23)20(24)21(18)25/h2-10,27H,11H2,1H3,(H,26,28). The Kier molecular flexibility index (Phi) is 6.95. The van der Waals surface area contributed by atoms with Gasteiger partial charge in [0.15, 0.2) is 24.1 Å². The van der Waals surface area contributed by atoms with Crippen LogP contribution in [-0.4, -0.2) is 20.9 Å². The number of anilines is 2. The van der Waals surface area contributed by atoms with E-state index in [0.717, 1.165) is 11.6 Å². The van der Waals surface area contributed by atoms with Gasteiger partial charge < -0.3 is 10.1 Å². The van der Waals surface area contributed by atoms with Crippen molar-refractivity contribution >= 4 is 38.9 Å². The van der Waals surface area contributed by atoms with Gasteiger partial charge in [-0.05, 0) is 61.0 Å². The van der Waals surface area contributed by atoms with Gasteiger partial charge >= 0.3 is 0 Å². The summed E-state index contributed by atoms with van der Waals surface area (Å²) in [5, 5.41) is 2.47. The van der Waals surface area contributed by atoms with E-state index in [4.69, 9.17) is 16.3 Å². The highest BCUT2D eigenvalue weighted by Crippen LogP contribution is 2.24. The Bertz CT molecular complexity index is 1270. The normalized spacial score (nSPS) is 11.2. The molecule has 3 aromatic rings. The van der Waals surface area contributed by atoms with Gasteiger partial charge in [0.05, 0.1) is 16.3 Å². The number of carbonyl (C=O) groups excluding carboxylic acids is 1. The predicted octanol–water partition coefficient (Wildman–Crippen LogP) is 4.88. The highest BCUT2D eigenvalue weighted by molar-refractivity contribution is 7.92. The molecule has 0 heterocycles. The first-order valence-electron chi connectivity index (χ1n) is 9.02. The van der Waals surface area contributed by atoms with Crippen molar-refractivity contribution in [2.24, 2.45) is 0 Å². The van der Waals surface area contributed by atoms with Crippen LogP contribution in [0, 0.1) is 24.4 Å². The number of carbonyl (C=O) groups is 1. The van der Waals surface area contributed by atoms with Crippen LogP contribution in [0.4, 0.5) is 24.5 Å². The molecule has 3 aromatic carbocycles. The minimum absolute atomic E-state index is 0.0603. The van der Waals surface area contributed by atoms with Gasteiger partial charge in [0.25, 0.3) is 15.9 Å². The van der Waals surface area contributed by atoms with Crippen LogP contribution in [0.15, 0.2) is 59.5 Å². The second kappa shape index (κ2) is 9.49. The van der Waals surface area contributed by atoms with Gasteiger partial charge in [-0.1, -0.05) is 17.7 Å². The Balaban J connectivity index is 1.61. The van der Waals surface area contributed by atoms with Gasteiger partial charge in [0.2, 0.25) is 0 Å². The number of hydrogen-bond acceptors (Lipinski definition) is 4. The maximum atomic E-state index is 13.6. The molecule has 0 aliphatic heterocycles. The summed E-state index contributed by atoms with van der Waals surface area (Å²) in [4.78, 5) is 11.8. The van der Waals surface area contributed by atoms with E-state index < -0.39 is 45.7 Å². The second-order valence-electron chi connectivity index (χ2n) is 6.60. The number of sulfonamides is 1. The SMILES string of the molecule is Cc1ccc(NS(=O)(=O)c2ccc(OCC(=O)Nc3ccc(F)c(F)c3F)cc2)cc1Cl. The number of ether oxygens (including phenoxy) is 1. The molecule has 168 valence electrons. The van der Waals surface area contributed by atoms with Crippen molar-refractivity contribution in [1.82, 2.24) is 0 Å². The maximum absolute atomic E-state index is 13.6. The monoisotopic (exact) mass is 484 g/mol. The molecule has 0 fully saturated rings. The zero-order valence-corrected chi connectivity index (χ0v) is 18.0. The van der Waals surface area contributed by atoms with Crippen LogP contribution in [-0.2, 0) is 14.8 Å². The third-order valence-electron chi connectivity index (χ3n) is 4.24. The molecule has 2 N–H and O–H groups in total. The fourth-order valence-corrected chi connectivity index (χ4v) is 3.77. The van der Waals surface area contributed by atoms with E-state index in [0.29, 0.717) is 16.8 Å². The van der Waals surface area contributed by atoms with E-state index in [1.54, 1.807) is 19.1 Å². The summed E-state index contributed by atoms with van der Waals surface area (Å²) in [6.07, 6.45) is 0. The van der Waals surface area contributed by atoms with Crippen molar-refractivity contribution in [2.75, 3.05) is 16.6 Å². The first-order chi connectivity index (χ1) is 15.1. The molecule has 32 heavy (non-hydrogen) atoms. The van der Waals surface area contributed by atoms with Crippen LogP contribution in [0.2, 0.25) is 5.02 Å². The molecule has 11 heteroatoms. The van der Waals surface area contributed by atoms with Crippen LogP contribution in [0.3, 0.4) is 0 Å². The van der Waals surface area contributed by atoms with Crippen molar-refractivity contribution in [2.45, 2.75) is 11.8 Å². The van der Waals surface area contributed by atoms with Crippen molar-refractivity contribution < 1.29 is 31.1 Å². The average Bonchev–Trinajstić information content (AvgIpc) is 2.75. The molecule has 0 atom stereocenters. The van der Waals surface area contributed by atoms with E-state index in [2.05, 4.69) is 10.0 Å². The van der Waals surface area contributed by atoms with Crippen LogP contribution in [0.1, 0.15) is 5.56 Å². The van der Waals surface area contributed by atoms with Crippen LogP contribution < -0.4 is 14.8 Å². The van der Waals surface area contributed by atoms with Gasteiger partial charge in [0.1, 0.15) is 5.75 Å². The third-order valence-corrected chi connectivity index (χ3v) is 6.04. The van der Waals surface area contributed by atoms with Crippen molar-refractivity contribution in [3.8, 4) is 5.75 Å². The lowest BCUT2D eigenvalue weighted by atomic mass is 10.2. The molecule has 0 aliphatic rings. The summed E-state index contributed by atoms with van der Waals surface area (Å²) < 4.78 is 72.4. The lowest BCUT2D eigenvalue weighted by molar-refractivity contribution is -0.118. The third kappa shape index (κ3) is 5.51. The van der Waals surface area contributed by atoms with Gasteiger partial charge in [-0.25, -0.2) is 21.6 Å². The maximum Gasteiger partial charge on any atom is 0.262 e. The average molecular weight is 485 g/mol. The number of amides is 1. The Labute approximate surface area is 187 Å². The molecule has 0 saturated carbocycles. The lowest BCUT2D eigenvalue weighted by Crippen LogP contribution is -2.21. The predicted molar refractivity (Wildman–Crippen MR) is 114 cm³/mol. The smallest absolute Gasteiger partial charge is 0.262 e. The Morgan fingerprint density at radius 3 is 2.34 bits per heavy atom. The Morgan fingerprint density at radius 2 is 1.69 bits per heavy atom. The number of halogens is 4. The fourth-order valence-electron chi connectivity index (χ4n) is 2.54. The van der Waals surface area contributed by atoms with Crippen LogP contribution in [0.25, 0.3) is 0 Å². The van der Waals surface area contributed by atoms with Crippen molar-refractivity contribution in [3.05, 3.63) is 82.6 Å². The summed E-state index contributed by atoms with van der Waals surface area (Å²) in [5.41, 5.74) is 0.552. The van der Waals surface area contributed by atoms with Crippen LogP contribution >= 0.6 is 11.6 Å². The molecule has 0 unspecified atom stereocenters. The minimum atomic E-state index is -3.90. The summed E-state index contributed by atoms with van der Waals surface area (Å²) >= 11 is 6.00. The summed E-state index contributed by atoms with van der Waals surface area (Å²) in [5.74, 6) is -5.29. The number of aryl methyl sites for hydroxylation is 1. The first-order valence-corrected chi connectivity index (χ1v) is 10.9. The zero-order valence-electron chi connectivity index (χ0n) is 16.5. The highest BCUT2D eigenvalue weighted by Gasteiger charge is 2.17. The fraction of sp³-hybridized carbons (Fsp3) is 0.0952. The molecular weight excluding hydrogens is 469 g/mol. The number of hydrogen-bond donors (Lipinski definition) is 2. The number of rotatable bonds is 7. The zero-order chi connectivity index (χ0) is 23.5. The van der Waals surface area contributed by atoms with Gasteiger partial charge in [-0.3, -0.25) is 9.52 Å². The number of benzene rings is 3. The molecule has 0 radical (unpaired) electrons. The molecule has 1 amide bonds. The molecule has 0 saturated heterocycles. The van der Waals surface area contributed by atoms with E-state index in [-0.39, 0.29) is 10.6 Å². The summed E-state index contributed by atoms with van der Waals surface area (Å²) in [6.45, 7) is 1.21. The quantitative estimate of drug-likeness (QED) is 0.468. The second-order valence-corrected chi connectivity index (χ2v) is 8.69. The number of nitrogens with one attached hydrogen (secondary N) is 2. The van der Waals surface area contributed by atoms with E-state index >= 15 is 0 Å². The molecule has 3 rings (SSSR count). The Morgan fingerprint density at radius 1 is 1.00 bits per heavy atom. The topological polar surface area (TPSA) is 84.5 Å². The molecule has 0 aromatic heterocycles. The molecular formula is C21H16ClF3N2O4S. The lowest BCUT2D eigenvalue weighted by Gasteiger charge is -2.11. The van der Waals surface area contributed by atoms with E-state index in [9.17, 15) is 26.4 Å². The molecule has 6 nitrogen and oxygen atoms in total. The van der Waals surface area contributed by atoms with Gasteiger partial charge in [-0.2, -0.15) is 0 Å². The van der Waals surface area contributed by atoms with Crippen molar-refractivity contribution in [3.63, 3.8) is 0 Å². The molecule has 0 spiro atoms. The summed E-state index contributed by atoms with van der Waals surface area (Å²) in [6, 6.07) is 11.5. The van der Waals surface area contributed by atoms with E-state index in [1.807, 2.05) is 0 Å². The van der Waals surface area contributed by atoms with E-state index in [1.165, 1.54) is 30.3 Å². The highest BCUT2D eigenvalue weighted by atomic mass is 35.5. The molecule has 0 bridgehead atoms. The van der Waals surface area contributed by atoms with Gasteiger partial charge in [-0.15, -0.1) is 0 Å². The largest absolute Gasteiger partial charge is 0.484 e. The Hall–Kier alpha value is -3.24. The minimum Gasteiger partial charge on any atom is -0.484 e.